The summed E-state index contributed by atoms with van der Waals surface area (Å²) in [6.07, 6.45) is 0. The van der Waals surface area contributed by atoms with Crippen LogP contribution in [0, 0.1) is 6.92 Å². The number of aryl methyl sites for hydroxylation is 1. The molecule has 1 fully saturated rings. The molecule has 0 saturated carbocycles. The van der Waals surface area contributed by atoms with E-state index in [2.05, 4.69) is 52.0 Å². The van der Waals surface area contributed by atoms with E-state index in [4.69, 9.17) is 4.74 Å². The molecule has 0 aliphatic carbocycles. The molecule has 0 spiro atoms. The van der Waals surface area contributed by atoms with Crippen molar-refractivity contribution in [2.24, 2.45) is 0 Å². The number of hydrogen-bond acceptors (Lipinski definition) is 4. The molecule has 1 aromatic carbocycles. The van der Waals surface area contributed by atoms with Crippen molar-refractivity contribution in [3.8, 4) is 5.88 Å². The average molecular weight is 311 g/mol. The summed E-state index contributed by atoms with van der Waals surface area (Å²) >= 11 is 0. The highest BCUT2D eigenvalue weighted by molar-refractivity contribution is 5.22. The molecule has 4 nitrogen and oxygen atoms in total. The molecular formula is C19H25N3O. The lowest BCUT2D eigenvalue weighted by molar-refractivity contribution is 0.121. The van der Waals surface area contributed by atoms with Crippen LogP contribution in [0.2, 0.25) is 0 Å². The van der Waals surface area contributed by atoms with Crippen molar-refractivity contribution in [3.05, 3.63) is 59.3 Å². The predicted octanol–water partition coefficient (Wildman–Crippen LogP) is 2.72. The molecule has 0 bridgehead atoms. The van der Waals surface area contributed by atoms with Gasteiger partial charge in [0.2, 0.25) is 5.88 Å². The van der Waals surface area contributed by atoms with E-state index >= 15 is 0 Å². The summed E-state index contributed by atoms with van der Waals surface area (Å²) < 4.78 is 5.20. The molecule has 23 heavy (non-hydrogen) atoms. The van der Waals surface area contributed by atoms with Gasteiger partial charge in [0.15, 0.2) is 0 Å². The smallest absolute Gasteiger partial charge is 0.213 e. The summed E-state index contributed by atoms with van der Waals surface area (Å²) in [6, 6.07) is 14.8. The SMILES string of the molecule is COc1cccc(CN2CCN(Cc3cccc(C)c3)CC2)n1. The van der Waals surface area contributed by atoms with Gasteiger partial charge in [0.1, 0.15) is 0 Å². The Labute approximate surface area is 138 Å². The van der Waals surface area contributed by atoms with Gasteiger partial charge in [0, 0.05) is 45.3 Å². The number of nitrogens with zero attached hydrogens (tertiary/aromatic N) is 3. The Morgan fingerprint density at radius 3 is 2.35 bits per heavy atom. The van der Waals surface area contributed by atoms with Crippen molar-refractivity contribution >= 4 is 0 Å². The summed E-state index contributed by atoms with van der Waals surface area (Å²) in [4.78, 5) is 9.50. The third kappa shape index (κ3) is 4.53. The van der Waals surface area contributed by atoms with E-state index < -0.39 is 0 Å². The number of rotatable bonds is 5. The zero-order chi connectivity index (χ0) is 16.1. The molecule has 1 aliphatic heterocycles. The van der Waals surface area contributed by atoms with Gasteiger partial charge in [0.05, 0.1) is 12.8 Å². The Kier molecular flexibility index (Phi) is 5.26. The van der Waals surface area contributed by atoms with E-state index in [-0.39, 0.29) is 0 Å². The van der Waals surface area contributed by atoms with Crippen molar-refractivity contribution in [1.29, 1.82) is 0 Å². The summed E-state index contributed by atoms with van der Waals surface area (Å²) in [5.41, 5.74) is 3.83. The second kappa shape index (κ2) is 7.57. The van der Waals surface area contributed by atoms with Gasteiger partial charge in [-0.05, 0) is 18.6 Å². The molecule has 2 heterocycles. The van der Waals surface area contributed by atoms with Crippen LogP contribution in [0.1, 0.15) is 16.8 Å². The maximum Gasteiger partial charge on any atom is 0.213 e. The highest BCUT2D eigenvalue weighted by Gasteiger charge is 2.17. The third-order valence-electron chi connectivity index (χ3n) is 4.33. The Morgan fingerprint density at radius 2 is 1.65 bits per heavy atom. The zero-order valence-electron chi connectivity index (χ0n) is 14.0. The van der Waals surface area contributed by atoms with E-state index in [1.807, 2.05) is 12.1 Å². The molecule has 0 N–H and O–H groups in total. The molecule has 2 aromatic rings. The Hall–Kier alpha value is -1.91. The molecule has 0 amide bonds. The average Bonchev–Trinajstić information content (AvgIpc) is 2.57. The quantitative estimate of drug-likeness (QED) is 0.849. The topological polar surface area (TPSA) is 28.6 Å². The minimum absolute atomic E-state index is 0.695. The Balaban J connectivity index is 1.50. The summed E-state index contributed by atoms with van der Waals surface area (Å²) in [6.45, 7) is 8.50. The number of pyridine rings is 1. The number of aromatic nitrogens is 1. The van der Waals surface area contributed by atoms with Gasteiger partial charge in [-0.25, -0.2) is 4.98 Å². The highest BCUT2D eigenvalue weighted by atomic mass is 16.5. The van der Waals surface area contributed by atoms with E-state index in [0.717, 1.165) is 45.0 Å². The second-order valence-electron chi connectivity index (χ2n) is 6.21. The normalized spacial score (nSPS) is 16.4. The van der Waals surface area contributed by atoms with Crippen molar-refractivity contribution in [1.82, 2.24) is 14.8 Å². The van der Waals surface area contributed by atoms with Crippen molar-refractivity contribution in [2.75, 3.05) is 33.3 Å². The van der Waals surface area contributed by atoms with E-state index in [1.165, 1.54) is 11.1 Å². The van der Waals surface area contributed by atoms with Crippen LogP contribution >= 0.6 is 0 Å². The third-order valence-corrected chi connectivity index (χ3v) is 4.33. The van der Waals surface area contributed by atoms with Crippen LogP contribution in [0.5, 0.6) is 5.88 Å². The summed E-state index contributed by atoms with van der Waals surface area (Å²) in [5.74, 6) is 0.695. The van der Waals surface area contributed by atoms with Crippen molar-refractivity contribution in [3.63, 3.8) is 0 Å². The number of methoxy groups -OCH3 is 1. The van der Waals surface area contributed by atoms with Crippen molar-refractivity contribution in [2.45, 2.75) is 20.0 Å². The van der Waals surface area contributed by atoms with E-state index in [1.54, 1.807) is 7.11 Å². The summed E-state index contributed by atoms with van der Waals surface area (Å²) in [5, 5.41) is 0. The minimum Gasteiger partial charge on any atom is -0.481 e. The molecule has 122 valence electrons. The maximum atomic E-state index is 5.20. The largest absolute Gasteiger partial charge is 0.481 e. The molecule has 1 aliphatic rings. The van der Waals surface area contributed by atoms with Gasteiger partial charge < -0.3 is 4.74 Å². The van der Waals surface area contributed by atoms with E-state index in [0.29, 0.717) is 5.88 Å². The first-order valence-corrected chi connectivity index (χ1v) is 8.23. The van der Waals surface area contributed by atoms with Gasteiger partial charge in [-0.15, -0.1) is 0 Å². The first kappa shape index (κ1) is 16.0. The van der Waals surface area contributed by atoms with Crippen LogP contribution < -0.4 is 4.74 Å². The van der Waals surface area contributed by atoms with Crippen LogP contribution in [-0.4, -0.2) is 48.1 Å². The fourth-order valence-corrected chi connectivity index (χ4v) is 3.06. The highest BCUT2D eigenvalue weighted by Crippen LogP contribution is 2.13. The van der Waals surface area contributed by atoms with Gasteiger partial charge >= 0.3 is 0 Å². The Morgan fingerprint density at radius 1 is 0.957 bits per heavy atom. The fourth-order valence-electron chi connectivity index (χ4n) is 3.06. The van der Waals surface area contributed by atoms with E-state index in [9.17, 15) is 0 Å². The van der Waals surface area contributed by atoms with Crippen LogP contribution in [-0.2, 0) is 13.1 Å². The second-order valence-corrected chi connectivity index (χ2v) is 6.21. The molecule has 0 atom stereocenters. The molecule has 0 radical (unpaired) electrons. The first-order chi connectivity index (χ1) is 11.2. The monoisotopic (exact) mass is 311 g/mol. The number of hydrogen-bond donors (Lipinski definition) is 0. The molecule has 1 aromatic heterocycles. The summed E-state index contributed by atoms with van der Waals surface area (Å²) in [7, 11) is 1.66. The zero-order valence-corrected chi connectivity index (χ0v) is 14.0. The van der Waals surface area contributed by atoms with Gasteiger partial charge in [0.25, 0.3) is 0 Å². The number of piperazine rings is 1. The first-order valence-electron chi connectivity index (χ1n) is 8.23. The number of benzene rings is 1. The lowest BCUT2D eigenvalue weighted by atomic mass is 10.1. The standard InChI is InChI=1S/C19H25N3O/c1-16-5-3-6-17(13-16)14-21-9-11-22(12-10-21)15-18-7-4-8-19(20-18)23-2/h3-8,13H,9-12,14-15H2,1-2H3. The molecule has 1 saturated heterocycles. The van der Waals surface area contributed by atoms with Crippen LogP contribution in [0.15, 0.2) is 42.5 Å². The van der Waals surface area contributed by atoms with Crippen LogP contribution in [0.3, 0.4) is 0 Å². The number of ether oxygens (including phenoxy) is 1. The van der Waals surface area contributed by atoms with Gasteiger partial charge in [-0.3, -0.25) is 9.80 Å². The fraction of sp³-hybridized carbons (Fsp3) is 0.421. The van der Waals surface area contributed by atoms with Crippen molar-refractivity contribution < 1.29 is 4.74 Å². The molecule has 0 unspecified atom stereocenters. The molecule has 4 heteroatoms. The van der Waals surface area contributed by atoms with Crippen LogP contribution in [0.25, 0.3) is 0 Å². The lowest BCUT2D eigenvalue weighted by Gasteiger charge is -2.34. The molecular weight excluding hydrogens is 286 g/mol. The van der Waals surface area contributed by atoms with Gasteiger partial charge in [-0.1, -0.05) is 35.9 Å². The molecule has 3 rings (SSSR count). The lowest BCUT2D eigenvalue weighted by Crippen LogP contribution is -2.45. The predicted molar refractivity (Wildman–Crippen MR) is 92.5 cm³/mol. The minimum atomic E-state index is 0.695. The Bertz CT molecular complexity index is 636. The van der Waals surface area contributed by atoms with Gasteiger partial charge in [-0.2, -0.15) is 0 Å². The van der Waals surface area contributed by atoms with Crippen LogP contribution in [0.4, 0.5) is 0 Å². The maximum absolute atomic E-state index is 5.20.